The molecule has 2 amide bonds. The van der Waals surface area contributed by atoms with E-state index in [0.717, 1.165) is 0 Å². The molecule has 0 rings (SSSR count). The fourth-order valence-electron chi connectivity index (χ4n) is 2.19. The van der Waals surface area contributed by atoms with Gasteiger partial charge in [-0.3, -0.25) is 9.59 Å². The second kappa shape index (κ2) is 7.43. The lowest BCUT2D eigenvalue weighted by Gasteiger charge is -2.34. The van der Waals surface area contributed by atoms with Crippen molar-refractivity contribution in [3.05, 3.63) is 0 Å². The van der Waals surface area contributed by atoms with Crippen LogP contribution < -0.4 is 11.1 Å². The smallest absolute Gasteiger partial charge is 0.235 e. The van der Waals surface area contributed by atoms with E-state index >= 15 is 0 Å². The standard InChI is InChI=1S/C13H25N3O2S/c1-6-13(7-2,11(14)19)12(18)16(5)8-9(3)10(17)15-4/h9H,6-8H2,1-5H3,(H2,14,19)(H,15,17). The van der Waals surface area contributed by atoms with Crippen LogP contribution in [0.2, 0.25) is 0 Å². The molecule has 6 heteroatoms. The summed E-state index contributed by atoms with van der Waals surface area (Å²) in [7, 11) is 3.26. The van der Waals surface area contributed by atoms with Gasteiger partial charge in [-0.2, -0.15) is 0 Å². The van der Waals surface area contributed by atoms with Crippen molar-refractivity contribution in [1.29, 1.82) is 0 Å². The first-order valence-corrected chi connectivity index (χ1v) is 6.94. The molecule has 0 saturated carbocycles. The molecule has 0 bridgehead atoms. The van der Waals surface area contributed by atoms with E-state index in [2.05, 4.69) is 5.32 Å². The van der Waals surface area contributed by atoms with Crippen LogP contribution in [0, 0.1) is 11.3 Å². The average molecular weight is 287 g/mol. The van der Waals surface area contributed by atoms with Gasteiger partial charge in [-0.15, -0.1) is 0 Å². The van der Waals surface area contributed by atoms with Crippen molar-refractivity contribution in [1.82, 2.24) is 10.2 Å². The number of nitrogens with zero attached hydrogens (tertiary/aromatic N) is 1. The van der Waals surface area contributed by atoms with Crippen molar-refractivity contribution in [2.24, 2.45) is 17.1 Å². The van der Waals surface area contributed by atoms with Crippen LogP contribution in [0.1, 0.15) is 33.6 Å². The lowest BCUT2D eigenvalue weighted by molar-refractivity contribution is -0.138. The third-order valence-electron chi connectivity index (χ3n) is 3.68. The van der Waals surface area contributed by atoms with E-state index < -0.39 is 5.41 Å². The number of thiocarbonyl (C=S) groups is 1. The van der Waals surface area contributed by atoms with E-state index in [4.69, 9.17) is 18.0 Å². The summed E-state index contributed by atoms with van der Waals surface area (Å²) in [4.78, 5) is 25.8. The van der Waals surface area contributed by atoms with Gasteiger partial charge in [-0.1, -0.05) is 33.0 Å². The quantitative estimate of drug-likeness (QED) is 0.683. The molecule has 110 valence electrons. The predicted octanol–water partition coefficient (Wildman–Crippen LogP) is 0.919. The van der Waals surface area contributed by atoms with Crippen molar-refractivity contribution in [2.45, 2.75) is 33.6 Å². The molecule has 0 aliphatic rings. The van der Waals surface area contributed by atoms with Crippen LogP contribution in [0.15, 0.2) is 0 Å². The van der Waals surface area contributed by atoms with E-state index in [-0.39, 0.29) is 22.7 Å². The van der Waals surface area contributed by atoms with E-state index in [1.807, 2.05) is 13.8 Å². The normalized spacial score (nSPS) is 12.7. The molecule has 1 atom stereocenters. The highest BCUT2D eigenvalue weighted by Crippen LogP contribution is 2.29. The van der Waals surface area contributed by atoms with Gasteiger partial charge in [0, 0.05) is 20.6 Å². The fraction of sp³-hybridized carbons (Fsp3) is 0.769. The Bertz CT molecular complexity index is 354. The molecule has 0 aliphatic heterocycles. The zero-order valence-corrected chi connectivity index (χ0v) is 13.3. The lowest BCUT2D eigenvalue weighted by Crippen LogP contribution is -2.50. The molecule has 0 aromatic rings. The topological polar surface area (TPSA) is 75.4 Å². The third-order valence-corrected chi connectivity index (χ3v) is 4.07. The van der Waals surface area contributed by atoms with Crippen LogP contribution in [-0.2, 0) is 9.59 Å². The van der Waals surface area contributed by atoms with Gasteiger partial charge in [0.25, 0.3) is 0 Å². The Morgan fingerprint density at radius 3 is 2.16 bits per heavy atom. The zero-order chi connectivity index (χ0) is 15.2. The van der Waals surface area contributed by atoms with Gasteiger partial charge in [0.05, 0.1) is 16.3 Å². The summed E-state index contributed by atoms with van der Waals surface area (Å²) in [6.07, 6.45) is 1.13. The SMILES string of the molecule is CCC(CC)(C(=O)N(C)CC(C)C(=O)NC)C(N)=S. The van der Waals surface area contributed by atoms with Gasteiger partial charge in [0.2, 0.25) is 11.8 Å². The summed E-state index contributed by atoms with van der Waals surface area (Å²) < 4.78 is 0. The molecule has 19 heavy (non-hydrogen) atoms. The Kier molecular flexibility index (Phi) is 6.97. The summed E-state index contributed by atoms with van der Waals surface area (Å²) in [6, 6.07) is 0. The summed E-state index contributed by atoms with van der Waals surface area (Å²) in [6.45, 7) is 5.93. The van der Waals surface area contributed by atoms with E-state index in [9.17, 15) is 9.59 Å². The lowest BCUT2D eigenvalue weighted by atomic mass is 9.80. The van der Waals surface area contributed by atoms with Crippen LogP contribution in [0.4, 0.5) is 0 Å². The second-order valence-electron chi connectivity index (χ2n) is 4.85. The maximum Gasteiger partial charge on any atom is 0.235 e. The van der Waals surface area contributed by atoms with Crippen LogP contribution in [0.5, 0.6) is 0 Å². The molecule has 0 aliphatic carbocycles. The summed E-state index contributed by atoms with van der Waals surface area (Å²) in [5.74, 6) is -0.467. The summed E-state index contributed by atoms with van der Waals surface area (Å²) in [5.41, 5.74) is 4.95. The van der Waals surface area contributed by atoms with Gasteiger partial charge >= 0.3 is 0 Å². The number of nitrogens with two attached hydrogens (primary N) is 1. The molecule has 3 N–H and O–H groups in total. The number of carbonyl (C=O) groups is 2. The molecule has 1 unspecified atom stereocenters. The minimum atomic E-state index is -0.799. The molecule has 0 radical (unpaired) electrons. The van der Waals surface area contributed by atoms with Crippen LogP contribution >= 0.6 is 12.2 Å². The van der Waals surface area contributed by atoms with Gasteiger partial charge in [0.15, 0.2) is 0 Å². The first-order valence-electron chi connectivity index (χ1n) is 6.53. The maximum atomic E-state index is 12.5. The first kappa shape index (κ1) is 17.8. The Morgan fingerprint density at radius 1 is 1.37 bits per heavy atom. The predicted molar refractivity (Wildman–Crippen MR) is 80.7 cm³/mol. The molecule has 0 aromatic heterocycles. The molecule has 5 nitrogen and oxygen atoms in total. The number of amides is 2. The maximum absolute atomic E-state index is 12.5. The minimum absolute atomic E-state index is 0.0893. The molecular formula is C13H25N3O2S. The molecule has 0 aromatic carbocycles. The highest BCUT2D eigenvalue weighted by Gasteiger charge is 2.40. The van der Waals surface area contributed by atoms with Crippen LogP contribution in [0.25, 0.3) is 0 Å². The minimum Gasteiger partial charge on any atom is -0.392 e. The number of carbonyl (C=O) groups excluding carboxylic acids is 2. The number of hydrogen-bond acceptors (Lipinski definition) is 3. The van der Waals surface area contributed by atoms with E-state index in [0.29, 0.717) is 19.4 Å². The van der Waals surface area contributed by atoms with E-state index in [1.165, 1.54) is 0 Å². The van der Waals surface area contributed by atoms with Crippen molar-refractivity contribution < 1.29 is 9.59 Å². The van der Waals surface area contributed by atoms with Crippen molar-refractivity contribution in [2.75, 3.05) is 20.6 Å². The Hall–Kier alpha value is -1.17. The van der Waals surface area contributed by atoms with Crippen LogP contribution in [0.3, 0.4) is 0 Å². The second-order valence-corrected chi connectivity index (χ2v) is 5.29. The molecule has 0 heterocycles. The van der Waals surface area contributed by atoms with E-state index in [1.54, 1.807) is 25.9 Å². The zero-order valence-electron chi connectivity index (χ0n) is 12.4. The largest absolute Gasteiger partial charge is 0.392 e. The number of rotatable bonds is 7. The number of nitrogens with one attached hydrogen (secondary N) is 1. The summed E-state index contributed by atoms with van der Waals surface area (Å²) in [5, 5.41) is 2.57. The van der Waals surface area contributed by atoms with Gasteiger partial charge < -0.3 is 16.0 Å². The Labute approximate surface area is 120 Å². The van der Waals surface area contributed by atoms with Crippen molar-refractivity contribution in [3.63, 3.8) is 0 Å². The van der Waals surface area contributed by atoms with Crippen LogP contribution in [-0.4, -0.2) is 42.3 Å². The molecule has 0 fully saturated rings. The molecule has 0 saturated heterocycles. The Morgan fingerprint density at radius 2 is 1.84 bits per heavy atom. The first-order chi connectivity index (χ1) is 8.76. The van der Waals surface area contributed by atoms with Gasteiger partial charge in [-0.05, 0) is 12.8 Å². The molecule has 0 spiro atoms. The van der Waals surface area contributed by atoms with Gasteiger partial charge in [0.1, 0.15) is 0 Å². The number of hydrogen-bond donors (Lipinski definition) is 2. The monoisotopic (exact) mass is 287 g/mol. The van der Waals surface area contributed by atoms with Crippen molar-refractivity contribution in [3.8, 4) is 0 Å². The van der Waals surface area contributed by atoms with Gasteiger partial charge in [-0.25, -0.2) is 0 Å². The summed E-state index contributed by atoms with van der Waals surface area (Å²) >= 11 is 5.06. The molecular weight excluding hydrogens is 262 g/mol. The highest BCUT2D eigenvalue weighted by atomic mass is 32.1. The highest BCUT2D eigenvalue weighted by molar-refractivity contribution is 7.80. The third kappa shape index (κ3) is 3.89. The average Bonchev–Trinajstić information content (AvgIpc) is 2.38. The van der Waals surface area contributed by atoms with Crippen molar-refractivity contribution >= 4 is 29.0 Å². The Balaban J connectivity index is 4.98. The fourth-order valence-corrected chi connectivity index (χ4v) is 2.57.